The number of nitrogens with zero attached hydrogens (tertiary/aromatic N) is 2. The SMILES string of the molecule is CCOc1cc(/C=C2/SC(=O)N(CC(=O)c3ccc([N+](=O)[O-])cc3)C2=O)ccc1OCc1ccccc1Cl. The number of ether oxygens (including phenoxy) is 2. The number of amides is 2. The van der Waals surface area contributed by atoms with Crippen molar-refractivity contribution in [2.24, 2.45) is 0 Å². The minimum absolute atomic E-state index is 0.152. The van der Waals surface area contributed by atoms with Gasteiger partial charge >= 0.3 is 0 Å². The van der Waals surface area contributed by atoms with Crippen molar-refractivity contribution in [1.29, 1.82) is 0 Å². The molecule has 1 heterocycles. The van der Waals surface area contributed by atoms with E-state index < -0.39 is 28.4 Å². The number of ketones is 1. The van der Waals surface area contributed by atoms with Crippen LogP contribution in [0.3, 0.4) is 0 Å². The molecule has 0 aromatic heterocycles. The van der Waals surface area contributed by atoms with Gasteiger partial charge in [0.2, 0.25) is 0 Å². The van der Waals surface area contributed by atoms with Gasteiger partial charge in [0, 0.05) is 28.3 Å². The molecule has 0 atom stereocenters. The lowest BCUT2D eigenvalue weighted by Gasteiger charge is -2.13. The number of Topliss-reactive ketones (excluding diaryl/α,β-unsaturated/α-hetero) is 1. The molecule has 38 heavy (non-hydrogen) atoms. The topological polar surface area (TPSA) is 116 Å². The Morgan fingerprint density at radius 1 is 1.05 bits per heavy atom. The van der Waals surface area contributed by atoms with E-state index in [9.17, 15) is 24.5 Å². The van der Waals surface area contributed by atoms with Crippen LogP contribution in [-0.4, -0.2) is 39.9 Å². The maximum Gasteiger partial charge on any atom is 0.293 e. The summed E-state index contributed by atoms with van der Waals surface area (Å²) in [5, 5.41) is 10.8. The third-order valence-corrected chi connectivity index (χ3v) is 6.76. The Labute approximate surface area is 227 Å². The standard InChI is InChI=1S/C27H21ClN2O7S/c1-2-36-24-13-17(7-12-23(24)37-16-19-5-3-4-6-21(19)28)14-25-26(32)29(27(33)38-25)15-22(31)18-8-10-20(11-9-18)30(34)35/h3-14H,2,15-16H2,1H3/b25-14+. The second-order valence-electron chi connectivity index (χ2n) is 8.01. The predicted molar refractivity (Wildman–Crippen MR) is 143 cm³/mol. The zero-order chi connectivity index (χ0) is 27.2. The Bertz CT molecular complexity index is 1440. The molecule has 1 saturated heterocycles. The summed E-state index contributed by atoms with van der Waals surface area (Å²) in [6.07, 6.45) is 1.54. The largest absolute Gasteiger partial charge is 0.490 e. The average Bonchev–Trinajstić information content (AvgIpc) is 3.16. The molecule has 0 N–H and O–H groups in total. The van der Waals surface area contributed by atoms with Crippen molar-refractivity contribution in [3.8, 4) is 11.5 Å². The number of imide groups is 1. The quantitative estimate of drug-likeness (QED) is 0.127. The Kier molecular flexibility index (Phi) is 8.45. The molecule has 1 aliphatic heterocycles. The number of nitro benzene ring substituents is 1. The first-order valence-electron chi connectivity index (χ1n) is 11.4. The van der Waals surface area contributed by atoms with Crippen LogP contribution in [0.15, 0.2) is 71.6 Å². The number of thioether (sulfide) groups is 1. The number of hydrogen-bond donors (Lipinski definition) is 0. The van der Waals surface area contributed by atoms with Gasteiger partial charge in [-0.25, -0.2) is 0 Å². The van der Waals surface area contributed by atoms with Crippen molar-refractivity contribution in [2.75, 3.05) is 13.2 Å². The van der Waals surface area contributed by atoms with E-state index in [1.807, 2.05) is 25.1 Å². The van der Waals surface area contributed by atoms with E-state index in [0.717, 1.165) is 22.2 Å². The number of hydrogen-bond acceptors (Lipinski definition) is 8. The molecule has 3 aromatic carbocycles. The third-order valence-electron chi connectivity index (χ3n) is 5.48. The molecule has 2 amide bonds. The highest BCUT2D eigenvalue weighted by molar-refractivity contribution is 8.18. The summed E-state index contributed by atoms with van der Waals surface area (Å²) in [6.45, 7) is 1.98. The van der Waals surface area contributed by atoms with E-state index >= 15 is 0 Å². The van der Waals surface area contributed by atoms with E-state index in [4.69, 9.17) is 21.1 Å². The normalized spacial score (nSPS) is 14.2. The minimum Gasteiger partial charge on any atom is -0.490 e. The molecule has 4 rings (SSSR count). The van der Waals surface area contributed by atoms with Crippen LogP contribution >= 0.6 is 23.4 Å². The molecule has 0 saturated carbocycles. The predicted octanol–water partition coefficient (Wildman–Crippen LogP) is 6.15. The fourth-order valence-corrected chi connectivity index (χ4v) is 4.59. The Hall–Kier alpha value is -4.15. The van der Waals surface area contributed by atoms with Crippen LogP contribution in [0.25, 0.3) is 6.08 Å². The fraction of sp³-hybridized carbons (Fsp3) is 0.148. The molecule has 11 heteroatoms. The summed E-state index contributed by atoms with van der Waals surface area (Å²) in [5.41, 5.74) is 1.41. The van der Waals surface area contributed by atoms with E-state index in [-0.39, 0.29) is 22.8 Å². The average molecular weight is 553 g/mol. The summed E-state index contributed by atoms with van der Waals surface area (Å²) in [5.74, 6) is -0.166. The van der Waals surface area contributed by atoms with Crippen LogP contribution in [0, 0.1) is 10.1 Å². The van der Waals surface area contributed by atoms with Crippen molar-refractivity contribution >= 4 is 52.1 Å². The van der Waals surface area contributed by atoms with E-state index in [1.54, 1.807) is 30.3 Å². The number of rotatable bonds is 10. The van der Waals surface area contributed by atoms with Crippen LogP contribution in [0.4, 0.5) is 10.5 Å². The lowest BCUT2D eigenvalue weighted by atomic mass is 10.1. The molecule has 0 radical (unpaired) electrons. The van der Waals surface area contributed by atoms with Crippen molar-refractivity contribution < 1.29 is 28.8 Å². The fourth-order valence-electron chi connectivity index (χ4n) is 3.56. The summed E-state index contributed by atoms with van der Waals surface area (Å²) in [6, 6.07) is 17.4. The molecule has 1 fully saturated rings. The molecule has 0 aliphatic carbocycles. The molecule has 0 spiro atoms. The Morgan fingerprint density at radius 3 is 2.47 bits per heavy atom. The number of benzene rings is 3. The first-order chi connectivity index (χ1) is 18.3. The number of carbonyl (C=O) groups is 3. The second-order valence-corrected chi connectivity index (χ2v) is 9.41. The van der Waals surface area contributed by atoms with Crippen molar-refractivity contribution in [3.05, 3.63) is 103 Å². The molecular formula is C27H21ClN2O7S. The summed E-state index contributed by atoms with van der Waals surface area (Å²) in [4.78, 5) is 49.2. The van der Waals surface area contributed by atoms with Crippen molar-refractivity contribution in [3.63, 3.8) is 0 Å². The van der Waals surface area contributed by atoms with Gasteiger partial charge in [0.25, 0.3) is 16.8 Å². The Balaban J connectivity index is 1.48. The third kappa shape index (κ3) is 6.21. The highest BCUT2D eigenvalue weighted by atomic mass is 35.5. The zero-order valence-electron chi connectivity index (χ0n) is 20.1. The van der Waals surface area contributed by atoms with Crippen LogP contribution in [0.1, 0.15) is 28.4 Å². The van der Waals surface area contributed by atoms with Gasteiger partial charge in [0.1, 0.15) is 6.61 Å². The number of nitro groups is 1. The van der Waals surface area contributed by atoms with Crippen LogP contribution in [0.5, 0.6) is 11.5 Å². The van der Waals surface area contributed by atoms with Gasteiger partial charge in [0.05, 0.1) is 23.0 Å². The molecule has 194 valence electrons. The molecule has 1 aliphatic rings. The zero-order valence-corrected chi connectivity index (χ0v) is 21.7. The number of non-ortho nitro benzene ring substituents is 1. The van der Waals surface area contributed by atoms with Gasteiger partial charge < -0.3 is 9.47 Å². The maximum atomic E-state index is 12.9. The lowest BCUT2D eigenvalue weighted by molar-refractivity contribution is -0.384. The summed E-state index contributed by atoms with van der Waals surface area (Å²) < 4.78 is 11.6. The van der Waals surface area contributed by atoms with E-state index in [1.165, 1.54) is 24.3 Å². The van der Waals surface area contributed by atoms with Gasteiger partial charge in [0.15, 0.2) is 17.3 Å². The second kappa shape index (κ2) is 11.9. The number of carbonyl (C=O) groups excluding carboxylic acids is 3. The molecule has 3 aromatic rings. The summed E-state index contributed by atoms with van der Waals surface area (Å²) in [7, 11) is 0. The van der Waals surface area contributed by atoms with Gasteiger partial charge in [-0.1, -0.05) is 35.9 Å². The van der Waals surface area contributed by atoms with Crippen molar-refractivity contribution in [1.82, 2.24) is 4.90 Å². The molecule has 0 bridgehead atoms. The van der Waals surface area contributed by atoms with Crippen molar-refractivity contribution in [2.45, 2.75) is 13.5 Å². The lowest BCUT2D eigenvalue weighted by Crippen LogP contribution is -2.33. The maximum absolute atomic E-state index is 12.9. The first kappa shape index (κ1) is 26.9. The highest BCUT2D eigenvalue weighted by Crippen LogP contribution is 2.35. The number of halogens is 1. The molecule has 9 nitrogen and oxygen atoms in total. The van der Waals surface area contributed by atoms with Gasteiger partial charge in [-0.15, -0.1) is 0 Å². The van der Waals surface area contributed by atoms with Gasteiger partial charge in [-0.2, -0.15) is 0 Å². The van der Waals surface area contributed by atoms with Crippen LogP contribution < -0.4 is 9.47 Å². The van der Waals surface area contributed by atoms with Gasteiger partial charge in [-0.05, 0) is 60.7 Å². The molecular weight excluding hydrogens is 532 g/mol. The minimum atomic E-state index is -0.604. The first-order valence-corrected chi connectivity index (χ1v) is 12.6. The van der Waals surface area contributed by atoms with Crippen LogP contribution in [-0.2, 0) is 11.4 Å². The van der Waals surface area contributed by atoms with Gasteiger partial charge in [-0.3, -0.25) is 29.4 Å². The van der Waals surface area contributed by atoms with E-state index in [0.29, 0.717) is 28.7 Å². The monoisotopic (exact) mass is 552 g/mol. The smallest absolute Gasteiger partial charge is 0.293 e. The van der Waals surface area contributed by atoms with E-state index in [2.05, 4.69) is 0 Å². The highest BCUT2D eigenvalue weighted by Gasteiger charge is 2.36. The summed E-state index contributed by atoms with van der Waals surface area (Å²) >= 11 is 6.93. The Morgan fingerprint density at radius 2 is 1.79 bits per heavy atom. The molecule has 0 unspecified atom stereocenters. The van der Waals surface area contributed by atoms with Crippen LogP contribution in [0.2, 0.25) is 5.02 Å².